The first-order valence-corrected chi connectivity index (χ1v) is 8.25. The van der Waals surface area contributed by atoms with E-state index in [0.717, 1.165) is 6.42 Å². The molecule has 1 N–H and O–H groups in total. The van der Waals surface area contributed by atoms with Crippen LogP contribution in [0.2, 0.25) is 0 Å². The number of carbonyl (C=O) groups is 1. The van der Waals surface area contributed by atoms with Crippen LogP contribution in [0.3, 0.4) is 0 Å². The maximum Gasteiger partial charge on any atom is 0.224 e. The van der Waals surface area contributed by atoms with Gasteiger partial charge in [0.25, 0.3) is 0 Å². The summed E-state index contributed by atoms with van der Waals surface area (Å²) in [5.41, 5.74) is -0.180. The van der Waals surface area contributed by atoms with Crippen LogP contribution in [-0.4, -0.2) is 31.4 Å². The van der Waals surface area contributed by atoms with Crippen molar-refractivity contribution in [2.45, 2.75) is 53.0 Å². The minimum atomic E-state index is -2.99. The van der Waals surface area contributed by atoms with E-state index in [4.69, 9.17) is 0 Å². The van der Waals surface area contributed by atoms with Crippen molar-refractivity contribution in [3.8, 4) is 0 Å². The number of sulfone groups is 1. The molecule has 0 radical (unpaired) electrons. The molecular weight excluding hydrogens is 250 g/mol. The van der Waals surface area contributed by atoms with Gasteiger partial charge in [0, 0.05) is 5.54 Å². The molecule has 1 saturated heterocycles. The van der Waals surface area contributed by atoms with Crippen molar-refractivity contribution in [1.29, 1.82) is 0 Å². The summed E-state index contributed by atoms with van der Waals surface area (Å²) in [5, 5.41) is 2.99. The van der Waals surface area contributed by atoms with Crippen LogP contribution in [0.15, 0.2) is 0 Å². The summed E-state index contributed by atoms with van der Waals surface area (Å²) in [6, 6.07) is 0. The highest BCUT2D eigenvalue weighted by Crippen LogP contribution is 2.28. The summed E-state index contributed by atoms with van der Waals surface area (Å²) in [6.07, 6.45) is 1.31. The van der Waals surface area contributed by atoms with Crippen molar-refractivity contribution in [2.24, 2.45) is 11.3 Å². The van der Waals surface area contributed by atoms with Gasteiger partial charge in [-0.05, 0) is 32.1 Å². The zero-order chi connectivity index (χ0) is 14.2. The fourth-order valence-corrected chi connectivity index (χ4v) is 4.55. The average molecular weight is 275 g/mol. The molecule has 0 spiro atoms. The molecule has 0 aromatic heterocycles. The Labute approximate surface area is 110 Å². The van der Waals surface area contributed by atoms with E-state index in [-0.39, 0.29) is 34.3 Å². The number of rotatable bonds is 3. The smallest absolute Gasteiger partial charge is 0.224 e. The molecule has 1 rings (SSSR count). The van der Waals surface area contributed by atoms with Gasteiger partial charge in [0.1, 0.15) is 0 Å². The highest BCUT2D eigenvalue weighted by Gasteiger charge is 2.36. The average Bonchev–Trinajstić information content (AvgIpc) is 2.40. The molecule has 1 unspecified atom stereocenters. The Balaban J connectivity index is 2.60. The minimum Gasteiger partial charge on any atom is -0.351 e. The predicted molar refractivity (Wildman–Crippen MR) is 73.1 cm³/mol. The minimum absolute atomic E-state index is 0.00440. The Hall–Kier alpha value is -0.580. The number of carbonyl (C=O) groups excluding carboxylic acids is 1. The van der Waals surface area contributed by atoms with Gasteiger partial charge in [0.05, 0.1) is 17.4 Å². The Morgan fingerprint density at radius 2 is 1.78 bits per heavy atom. The van der Waals surface area contributed by atoms with E-state index in [9.17, 15) is 13.2 Å². The van der Waals surface area contributed by atoms with E-state index >= 15 is 0 Å². The van der Waals surface area contributed by atoms with Crippen molar-refractivity contribution >= 4 is 15.7 Å². The summed E-state index contributed by atoms with van der Waals surface area (Å²) < 4.78 is 22.7. The van der Waals surface area contributed by atoms with Crippen LogP contribution < -0.4 is 5.32 Å². The first-order valence-electron chi connectivity index (χ1n) is 6.43. The Morgan fingerprint density at radius 1 is 1.22 bits per heavy atom. The van der Waals surface area contributed by atoms with E-state index in [0.29, 0.717) is 6.42 Å². The second-order valence-electron chi connectivity index (χ2n) is 7.21. The van der Waals surface area contributed by atoms with Crippen LogP contribution >= 0.6 is 0 Å². The second kappa shape index (κ2) is 4.83. The van der Waals surface area contributed by atoms with Gasteiger partial charge in [0.15, 0.2) is 9.84 Å². The van der Waals surface area contributed by atoms with Gasteiger partial charge in [-0.1, -0.05) is 20.8 Å². The van der Waals surface area contributed by atoms with Crippen molar-refractivity contribution in [1.82, 2.24) is 5.32 Å². The number of amides is 1. The molecule has 0 aliphatic carbocycles. The molecule has 0 bridgehead atoms. The maximum atomic E-state index is 12.1. The molecule has 1 amide bonds. The van der Waals surface area contributed by atoms with Gasteiger partial charge >= 0.3 is 0 Å². The lowest BCUT2D eigenvalue weighted by molar-refractivity contribution is -0.126. The molecule has 18 heavy (non-hydrogen) atoms. The van der Waals surface area contributed by atoms with Crippen LogP contribution in [0.5, 0.6) is 0 Å². The molecule has 5 heteroatoms. The van der Waals surface area contributed by atoms with Crippen molar-refractivity contribution < 1.29 is 13.2 Å². The van der Waals surface area contributed by atoms with Crippen LogP contribution in [0, 0.1) is 11.3 Å². The highest BCUT2D eigenvalue weighted by atomic mass is 32.2. The topological polar surface area (TPSA) is 63.2 Å². The SMILES string of the molecule is CC(C)(C)CC(C)(C)NC(=O)C1CCS(=O)(=O)C1. The molecule has 1 fully saturated rings. The van der Waals surface area contributed by atoms with Gasteiger partial charge < -0.3 is 5.32 Å². The van der Waals surface area contributed by atoms with Crippen LogP contribution in [0.1, 0.15) is 47.5 Å². The molecule has 4 nitrogen and oxygen atoms in total. The molecule has 0 aromatic rings. The fourth-order valence-electron chi connectivity index (χ4n) is 2.81. The maximum absolute atomic E-state index is 12.1. The van der Waals surface area contributed by atoms with Crippen molar-refractivity contribution in [3.63, 3.8) is 0 Å². The molecule has 1 atom stereocenters. The van der Waals surface area contributed by atoms with Crippen molar-refractivity contribution in [3.05, 3.63) is 0 Å². The molecule has 1 aliphatic heterocycles. The first-order chi connectivity index (χ1) is 7.90. The van der Waals surface area contributed by atoms with Gasteiger partial charge in [-0.25, -0.2) is 8.42 Å². The third-order valence-corrected chi connectivity index (χ3v) is 4.81. The zero-order valence-electron chi connectivity index (χ0n) is 12.0. The van der Waals surface area contributed by atoms with E-state index in [2.05, 4.69) is 26.1 Å². The quantitative estimate of drug-likeness (QED) is 0.853. The normalized spacial score (nSPS) is 23.9. The lowest BCUT2D eigenvalue weighted by atomic mass is 9.81. The van der Waals surface area contributed by atoms with Gasteiger partial charge in [-0.3, -0.25) is 4.79 Å². The lowest BCUT2D eigenvalue weighted by Crippen LogP contribution is -2.48. The standard InChI is InChI=1S/C13H25NO3S/c1-12(2,3)9-13(4,5)14-11(15)10-6-7-18(16,17)8-10/h10H,6-9H2,1-5H3,(H,14,15). The Kier molecular flexibility index (Phi) is 4.16. The van der Waals surface area contributed by atoms with Gasteiger partial charge in [-0.15, -0.1) is 0 Å². The highest BCUT2D eigenvalue weighted by molar-refractivity contribution is 7.91. The molecule has 106 valence electrons. The summed E-state index contributed by atoms with van der Waals surface area (Å²) in [7, 11) is -2.99. The Bertz CT molecular complexity index is 418. The monoisotopic (exact) mass is 275 g/mol. The summed E-state index contributed by atoms with van der Waals surface area (Å²) in [6.45, 7) is 10.3. The molecule has 1 aliphatic rings. The third-order valence-electron chi connectivity index (χ3n) is 3.04. The number of hydrogen-bond acceptors (Lipinski definition) is 3. The van der Waals surface area contributed by atoms with Crippen LogP contribution in [-0.2, 0) is 14.6 Å². The second-order valence-corrected chi connectivity index (χ2v) is 9.44. The molecule has 0 aromatic carbocycles. The number of hydrogen-bond donors (Lipinski definition) is 1. The fraction of sp³-hybridized carbons (Fsp3) is 0.923. The lowest BCUT2D eigenvalue weighted by Gasteiger charge is -2.34. The summed E-state index contributed by atoms with van der Waals surface area (Å²) in [5.74, 6) is -0.338. The largest absolute Gasteiger partial charge is 0.351 e. The van der Waals surface area contributed by atoms with Gasteiger partial charge in [-0.2, -0.15) is 0 Å². The van der Waals surface area contributed by atoms with E-state index in [1.807, 2.05) is 13.8 Å². The molecule has 1 heterocycles. The van der Waals surface area contributed by atoms with Crippen LogP contribution in [0.25, 0.3) is 0 Å². The summed E-state index contributed by atoms with van der Waals surface area (Å²) in [4.78, 5) is 12.1. The van der Waals surface area contributed by atoms with Crippen LogP contribution in [0.4, 0.5) is 0 Å². The van der Waals surface area contributed by atoms with E-state index in [1.165, 1.54) is 0 Å². The molecular formula is C13H25NO3S. The Morgan fingerprint density at radius 3 is 2.17 bits per heavy atom. The van der Waals surface area contributed by atoms with Crippen molar-refractivity contribution in [2.75, 3.05) is 11.5 Å². The zero-order valence-corrected chi connectivity index (χ0v) is 12.9. The van der Waals surface area contributed by atoms with E-state index in [1.54, 1.807) is 0 Å². The third kappa shape index (κ3) is 4.96. The first kappa shape index (κ1) is 15.5. The van der Waals surface area contributed by atoms with E-state index < -0.39 is 9.84 Å². The summed E-state index contributed by atoms with van der Waals surface area (Å²) >= 11 is 0. The van der Waals surface area contributed by atoms with Gasteiger partial charge in [0.2, 0.25) is 5.91 Å². The molecule has 0 saturated carbocycles. The number of nitrogens with one attached hydrogen (secondary N) is 1. The predicted octanol–water partition coefficient (Wildman–Crippen LogP) is 1.75.